The van der Waals surface area contributed by atoms with Crippen molar-refractivity contribution in [2.75, 3.05) is 6.61 Å². The van der Waals surface area contributed by atoms with E-state index in [0.29, 0.717) is 18.8 Å². The predicted molar refractivity (Wildman–Crippen MR) is 94.1 cm³/mol. The molecule has 1 aromatic rings. The van der Waals surface area contributed by atoms with E-state index in [4.69, 9.17) is 18.9 Å². The highest BCUT2D eigenvalue weighted by Gasteiger charge is 2.18. The molecule has 0 aliphatic heterocycles. The van der Waals surface area contributed by atoms with E-state index in [-0.39, 0.29) is 36.5 Å². The van der Waals surface area contributed by atoms with Crippen molar-refractivity contribution in [2.45, 2.75) is 66.1 Å². The Morgan fingerprint density at radius 1 is 0.960 bits per heavy atom. The van der Waals surface area contributed by atoms with Crippen molar-refractivity contribution in [3.63, 3.8) is 0 Å². The molecule has 1 rings (SSSR count). The third-order valence-corrected chi connectivity index (χ3v) is 3.25. The summed E-state index contributed by atoms with van der Waals surface area (Å²) in [6.07, 6.45) is 1.29. The fourth-order valence-corrected chi connectivity index (χ4v) is 2.04. The highest BCUT2D eigenvalue weighted by molar-refractivity contribution is 5.77. The van der Waals surface area contributed by atoms with Gasteiger partial charge in [0.05, 0.1) is 18.8 Å². The van der Waals surface area contributed by atoms with E-state index in [2.05, 4.69) is 0 Å². The Bertz CT molecular complexity index is 567. The Balaban J connectivity index is 2.87. The first kappa shape index (κ1) is 21.0. The average molecular weight is 352 g/mol. The number of rotatable bonds is 10. The molecule has 0 saturated carbocycles. The van der Waals surface area contributed by atoms with E-state index >= 15 is 0 Å². The van der Waals surface area contributed by atoms with Gasteiger partial charge in [-0.15, -0.1) is 0 Å². The maximum Gasteiger partial charge on any atom is 0.311 e. The van der Waals surface area contributed by atoms with Gasteiger partial charge in [-0.2, -0.15) is 0 Å². The van der Waals surface area contributed by atoms with Crippen molar-refractivity contribution in [3.8, 4) is 17.2 Å². The molecule has 1 aromatic carbocycles. The lowest BCUT2D eigenvalue weighted by atomic mass is 10.2. The first-order valence-electron chi connectivity index (χ1n) is 8.69. The number of esters is 2. The van der Waals surface area contributed by atoms with Crippen LogP contribution in [0.5, 0.6) is 17.2 Å². The Kier molecular flexibility index (Phi) is 8.99. The van der Waals surface area contributed by atoms with Gasteiger partial charge < -0.3 is 18.9 Å². The van der Waals surface area contributed by atoms with Crippen LogP contribution in [0.4, 0.5) is 0 Å². The molecule has 0 aromatic heterocycles. The summed E-state index contributed by atoms with van der Waals surface area (Å²) in [6, 6.07) is 4.93. The lowest BCUT2D eigenvalue weighted by Gasteiger charge is -2.18. The van der Waals surface area contributed by atoms with Crippen LogP contribution in [-0.4, -0.2) is 30.8 Å². The molecule has 0 bridgehead atoms. The summed E-state index contributed by atoms with van der Waals surface area (Å²) < 4.78 is 22.0. The number of ether oxygens (including phenoxy) is 4. The summed E-state index contributed by atoms with van der Waals surface area (Å²) >= 11 is 0. The molecule has 6 heteroatoms. The van der Waals surface area contributed by atoms with Crippen LogP contribution >= 0.6 is 0 Å². The van der Waals surface area contributed by atoms with Crippen LogP contribution in [0.15, 0.2) is 18.2 Å². The lowest BCUT2D eigenvalue weighted by molar-refractivity contribution is -0.136. The van der Waals surface area contributed by atoms with Crippen LogP contribution in [0.1, 0.15) is 53.9 Å². The van der Waals surface area contributed by atoms with Gasteiger partial charge in [0.1, 0.15) is 0 Å². The minimum absolute atomic E-state index is 0.0442. The predicted octanol–water partition coefficient (Wildman–Crippen LogP) is 3.90. The molecule has 0 spiro atoms. The molecule has 1 atom stereocenters. The second-order valence-corrected chi connectivity index (χ2v) is 5.87. The van der Waals surface area contributed by atoms with Gasteiger partial charge in [-0.3, -0.25) is 9.59 Å². The molecule has 140 valence electrons. The monoisotopic (exact) mass is 352 g/mol. The van der Waals surface area contributed by atoms with Crippen molar-refractivity contribution < 1.29 is 28.5 Å². The van der Waals surface area contributed by atoms with Crippen molar-refractivity contribution in [3.05, 3.63) is 18.2 Å². The van der Waals surface area contributed by atoms with Gasteiger partial charge in [0, 0.05) is 19.3 Å². The number of hydrogen-bond donors (Lipinski definition) is 0. The minimum Gasteiger partial charge on any atom is -0.489 e. The quantitative estimate of drug-likeness (QED) is 0.470. The fourth-order valence-electron chi connectivity index (χ4n) is 2.04. The lowest BCUT2D eigenvalue weighted by Crippen LogP contribution is -2.17. The van der Waals surface area contributed by atoms with E-state index in [1.54, 1.807) is 32.0 Å². The van der Waals surface area contributed by atoms with E-state index in [1.165, 1.54) is 0 Å². The topological polar surface area (TPSA) is 71.1 Å². The van der Waals surface area contributed by atoms with E-state index in [9.17, 15) is 9.59 Å². The van der Waals surface area contributed by atoms with E-state index < -0.39 is 11.9 Å². The summed E-state index contributed by atoms with van der Waals surface area (Å²) in [4.78, 5) is 23.3. The SMILES string of the molecule is CCC(=O)Oc1cccc(OCCC(C)OC(C)C)c1OC(=O)CC. The molecule has 0 radical (unpaired) electrons. The maximum atomic E-state index is 11.7. The fraction of sp³-hybridized carbons (Fsp3) is 0.579. The zero-order valence-corrected chi connectivity index (χ0v) is 15.7. The van der Waals surface area contributed by atoms with Gasteiger partial charge in [-0.25, -0.2) is 0 Å². The van der Waals surface area contributed by atoms with E-state index in [0.717, 1.165) is 0 Å². The summed E-state index contributed by atoms with van der Waals surface area (Å²) in [5, 5.41) is 0. The van der Waals surface area contributed by atoms with Crippen LogP contribution in [0.2, 0.25) is 0 Å². The maximum absolute atomic E-state index is 11.7. The van der Waals surface area contributed by atoms with Crippen molar-refractivity contribution in [2.24, 2.45) is 0 Å². The number of carbonyl (C=O) groups is 2. The van der Waals surface area contributed by atoms with E-state index in [1.807, 2.05) is 20.8 Å². The molecule has 0 fully saturated rings. The molecule has 0 aliphatic rings. The van der Waals surface area contributed by atoms with Crippen LogP contribution in [-0.2, 0) is 14.3 Å². The Morgan fingerprint density at radius 3 is 2.16 bits per heavy atom. The van der Waals surface area contributed by atoms with Crippen molar-refractivity contribution in [1.29, 1.82) is 0 Å². The number of carbonyl (C=O) groups excluding carboxylic acids is 2. The summed E-state index contributed by atoms with van der Waals surface area (Å²) in [5.41, 5.74) is 0. The van der Waals surface area contributed by atoms with Crippen LogP contribution in [0.25, 0.3) is 0 Å². The molecule has 6 nitrogen and oxygen atoms in total. The molecule has 0 aliphatic carbocycles. The molecular weight excluding hydrogens is 324 g/mol. The summed E-state index contributed by atoms with van der Waals surface area (Å²) in [6.45, 7) is 9.69. The molecule has 0 N–H and O–H groups in total. The molecule has 1 unspecified atom stereocenters. The molecule has 0 saturated heterocycles. The van der Waals surface area contributed by atoms with Gasteiger partial charge in [0.2, 0.25) is 5.75 Å². The number of hydrogen-bond acceptors (Lipinski definition) is 6. The van der Waals surface area contributed by atoms with Crippen LogP contribution < -0.4 is 14.2 Å². The molecule has 25 heavy (non-hydrogen) atoms. The second kappa shape index (κ2) is 10.7. The zero-order valence-electron chi connectivity index (χ0n) is 15.7. The minimum atomic E-state index is -0.429. The number of benzene rings is 1. The second-order valence-electron chi connectivity index (χ2n) is 5.87. The first-order valence-corrected chi connectivity index (χ1v) is 8.69. The Hall–Kier alpha value is -2.08. The third kappa shape index (κ3) is 7.56. The molecular formula is C19H28O6. The largest absolute Gasteiger partial charge is 0.489 e. The van der Waals surface area contributed by atoms with Crippen LogP contribution in [0, 0.1) is 0 Å². The van der Waals surface area contributed by atoms with Crippen molar-refractivity contribution in [1.82, 2.24) is 0 Å². The standard InChI is InChI=1S/C19H28O6/c1-6-17(20)24-16-10-8-9-15(19(16)25-18(21)7-2)22-12-11-14(5)23-13(3)4/h8-10,13-14H,6-7,11-12H2,1-5H3. The Labute approximate surface area is 149 Å². The normalized spacial score (nSPS) is 11.9. The molecule has 0 amide bonds. The van der Waals surface area contributed by atoms with Gasteiger partial charge in [0.15, 0.2) is 11.5 Å². The van der Waals surface area contributed by atoms with Gasteiger partial charge in [-0.05, 0) is 32.9 Å². The number of para-hydroxylation sites is 1. The average Bonchev–Trinajstić information content (AvgIpc) is 2.56. The highest BCUT2D eigenvalue weighted by Crippen LogP contribution is 2.38. The summed E-state index contributed by atoms with van der Waals surface area (Å²) in [7, 11) is 0. The summed E-state index contributed by atoms with van der Waals surface area (Å²) in [5.74, 6) is -0.169. The third-order valence-electron chi connectivity index (χ3n) is 3.25. The smallest absolute Gasteiger partial charge is 0.311 e. The first-order chi connectivity index (χ1) is 11.9. The van der Waals surface area contributed by atoms with Crippen LogP contribution in [0.3, 0.4) is 0 Å². The van der Waals surface area contributed by atoms with Gasteiger partial charge >= 0.3 is 11.9 Å². The zero-order chi connectivity index (χ0) is 18.8. The molecule has 0 heterocycles. The van der Waals surface area contributed by atoms with Gasteiger partial charge in [0.25, 0.3) is 0 Å². The highest BCUT2D eigenvalue weighted by atomic mass is 16.6. The van der Waals surface area contributed by atoms with Gasteiger partial charge in [-0.1, -0.05) is 19.9 Å². The Morgan fingerprint density at radius 2 is 1.56 bits per heavy atom. The van der Waals surface area contributed by atoms with Crippen molar-refractivity contribution >= 4 is 11.9 Å².